The number of phenolic OH excluding ortho intramolecular Hbond substituents is 1. The zero-order valence-electron chi connectivity index (χ0n) is 16.7. The second kappa shape index (κ2) is 8.22. The standard InChI is InChI=1S/C18H23NO2S.C3H8/c1-17(2,3)12-7-11(9-14-16(21)19-10-22-14)8-13(15(12)20)18(4,5)6;1-3-2/h7-10,20H,1-6H3;3H2,1-2H3/b14-9-;. The number of rotatable bonds is 1. The third kappa shape index (κ3) is 5.74. The molecule has 1 N–H and O–H groups in total. The Hall–Kier alpha value is -1.55. The lowest BCUT2D eigenvalue weighted by Crippen LogP contribution is -2.17. The molecule has 1 aromatic carbocycles. The molecule has 1 heterocycles. The van der Waals surface area contributed by atoms with Crippen LogP contribution in [-0.2, 0) is 15.6 Å². The predicted molar refractivity (Wildman–Crippen MR) is 111 cm³/mol. The highest BCUT2D eigenvalue weighted by Gasteiger charge is 2.26. The predicted octanol–water partition coefficient (Wildman–Crippen LogP) is 6.05. The van der Waals surface area contributed by atoms with Crippen LogP contribution in [0.2, 0.25) is 0 Å². The molecular formula is C21H31NO2S. The first-order chi connectivity index (χ1) is 11.4. The summed E-state index contributed by atoms with van der Waals surface area (Å²) >= 11 is 1.33. The van der Waals surface area contributed by atoms with Crippen LogP contribution in [0.15, 0.2) is 22.0 Å². The molecule has 0 atom stereocenters. The number of aliphatic imine (C=N–C) groups is 1. The van der Waals surface area contributed by atoms with Gasteiger partial charge in [-0.15, -0.1) is 0 Å². The lowest BCUT2D eigenvalue weighted by molar-refractivity contribution is -0.113. The molecule has 4 heteroatoms. The van der Waals surface area contributed by atoms with E-state index in [2.05, 4.69) is 60.4 Å². The van der Waals surface area contributed by atoms with Gasteiger partial charge in [-0.05, 0) is 34.6 Å². The first kappa shape index (κ1) is 21.5. The van der Waals surface area contributed by atoms with Crippen molar-refractivity contribution < 1.29 is 9.90 Å². The van der Waals surface area contributed by atoms with Crippen molar-refractivity contribution in [2.75, 3.05) is 0 Å². The Morgan fingerprint density at radius 3 is 1.80 bits per heavy atom. The molecule has 1 aliphatic rings. The SMILES string of the molecule is CC(C)(C)c1cc(/C=C2\SC=NC2=O)cc(C(C)(C)C)c1O.CCC. The maximum Gasteiger partial charge on any atom is 0.284 e. The van der Waals surface area contributed by atoms with Gasteiger partial charge < -0.3 is 5.11 Å². The monoisotopic (exact) mass is 361 g/mol. The van der Waals surface area contributed by atoms with Gasteiger partial charge in [-0.2, -0.15) is 0 Å². The number of hydrogen-bond donors (Lipinski definition) is 1. The van der Waals surface area contributed by atoms with E-state index in [1.807, 2.05) is 18.2 Å². The highest BCUT2D eigenvalue weighted by atomic mass is 32.2. The Morgan fingerprint density at radius 1 is 1.04 bits per heavy atom. The molecule has 0 radical (unpaired) electrons. The molecule has 25 heavy (non-hydrogen) atoms. The average Bonchev–Trinajstić information content (AvgIpc) is 2.84. The lowest BCUT2D eigenvalue weighted by Gasteiger charge is -2.28. The fourth-order valence-electron chi connectivity index (χ4n) is 2.38. The van der Waals surface area contributed by atoms with Crippen LogP contribution in [0.25, 0.3) is 6.08 Å². The maximum atomic E-state index is 11.7. The number of phenols is 1. The van der Waals surface area contributed by atoms with Crippen LogP contribution in [0.3, 0.4) is 0 Å². The van der Waals surface area contributed by atoms with Crippen molar-refractivity contribution in [3.8, 4) is 5.75 Å². The van der Waals surface area contributed by atoms with Crippen LogP contribution in [0.1, 0.15) is 78.5 Å². The summed E-state index contributed by atoms with van der Waals surface area (Å²) in [5.41, 5.74) is 3.91. The molecule has 0 spiro atoms. The Kier molecular flexibility index (Phi) is 7.07. The lowest BCUT2D eigenvalue weighted by atomic mass is 9.78. The molecule has 2 rings (SSSR count). The highest BCUT2D eigenvalue weighted by molar-refractivity contribution is 8.16. The van der Waals surface area contributed by atoms with Crippen LogP contribution >= 0.6 is 11.8 Å². The molecule has 0 saturated heterocycles. The molecular weight excluding hydrogens is 330 g/mol. The number of amides is 1. The van der Waals surface area contributed by atoms with Gasteiger partial charge in [0.2, 0.25) is 0 Å². The fraction of sp³-hybridized carbons (Fsp3) is 0.524. The molecule has 0 saturated carbocycles. The van der Waals surface area contributed by atoms with Crippen molar-refractivity contribution in [3.05, 3.63) is 33.7 Å². The van der Waals surface area contributed by atoms with Gasteiger partial charge in [0, 0.05) is 11.1 Å². The van der Waals surface area contributed by atoms with E-state index >= 15 is 0 Å². The van der Waals surface area contributed by atoms with Crippen molar-refractivity contribution in [1.82, 2.24) is 0 Å². The van der Waals surface area contributed by atoms with Gasteiger partial charge in [0.25, 0.3) is 5.91 Å². The van der Waals surface area contributed by atoms with Crippen LogP contribution in [0, 0.1) is 0 Å². The van der Waals surface area contributed by atoms with E-state index in [0.29, 0.717) is 10.7 Å². The molecule has 0 fully saturated rings. The zero-order chi connectivity index (χ0) is 19.4. The molecule has 1 amide bonds. The van der Waals surface area contributed by atoms with Crippen LogP contribution in [0.4, 0.5) is 0 Å². The molecule has 138 valence electrons. The van der Waals surface area contributed by atoms with E-state index in [9.17, 15) is 9.90 Å². The zero-order valence-corrected chi connectivity index (χ0v) is 17.5. The normalized spacial score (nSPS) is 16.2. The molecule has 3 nitrogen and oxygen atoms in total. The minimum atomic E-state index is -0.201. The second-order valence-electron chi connectivity index (χ2n) is 8.34. The summed E-state index contributed by atoms with van der Waals surface area (Å²) in [5, 5.41) is 10.7. The molecule has 0 aliphatic carbocycles. The first-order valence-corrected chi connectivity index (χ1v) is 9.63. The molecule has 0 unspecified atom stereocenters. The smallest absolute Gasteiger partial charge is 0.284 e. The van der Waals surface area contributed by atoms with Crippen molar-refractivity contribution in [2.45, 2.75) is 72.6 Å². The summed E-state index contributed by atoms with van der Waals surface area (Å²) in [4.78, 5) is 16.0. The quantitative estimate of drug-likeness (QED) is 0.620. The fourth-order valence-corrected chi connectivity index (χ4v) is 3.00. The topological polar surface area (TPSA) is 49.7 Å². The van der Waals surface area contributed by atoms with Crippen molar-refractivity contribution in [3.63, 3.8) is 0 Å². The summed E-state index contributed by atoms with van der Waals surface area (Å²) in [7, 11) is 0. The maximum absolute atomic E-state index is 11.7. The summed E-state index contributed by atoms with van der Waals surface area (Å²) in [6.45, 7) is 16.7. The number of thioether (sulfide) groups is 1. The summed E-state index contributed by atoms with van der Waals surface area (Å²) < 4.78 is 0. The average molecular weight is 362 g/mol. The van der Waals surface area contributed by atoms with Gasteiger partial charge in [0.05, 0.1) is 10.5 Å². The Morgan fingerprint density at radius 2 is 1.48 bits per heavy atom. The van der Waals surface area contributed by atoms with E-state index in [4.69, 9.17) is 0 Å². The number of carbonyl (C=O) groups is 1. The number of nitrogens with zero attached hydrogens (tertiary/aromatic N) is 1. The van der Waals surface area contributed by atoms with Gasteiger partial charge in [-0.25, -0.2) is 4.99 Å². The van der Waals surface area contributed by atoms with Gasteiger partial charge in [0.15, 0.2) is 0 Å². The van der Waals surface area contributed by atoms with Gasteiger partial charge in [-0.3, -0.25) is 4.79 Å². The van der Waals surface area contributed by atoms with Crippen molar-refractivity contribution in [2.24, 2.45) is 4.99 Å². The number of carbonyl (C=O) groups excluding carboxylic acids is 1. The summed E-state index contributed by atoms with van der Waals surface area (Å²) in [6, 6.07) is 3.92. The Labute approximate surface area is 156 Å². The Balaban J connectivity index is 0.000000970. The molecule has 1 aliphatic heterocycles. The van der Waals surface area contributed by atoms with Gasteiger partial charge >= 0.3 is 0 Å². The molecule has 1 aromatic rings. The summed E-state index contributed by atoms with van der Waals surface area (Å²) in [6.07, 6.45) is 3.10. The second-order valence-corrected chi connectivity index (χ2v) is 9.22. The Bertz CT molecular complexity index is 654. The first-order valence-electron chi connectivity index (χ1n) is 8.75. The number of aromatic hydroxyl groups is 1. The van der Waals surface area contributed by atoms with E-state index in [-0.39, 0.29) is 16.7 Å². The third-order valence-electron chi connectivity index (χ3n) is 3.61. The van der Waals surface area contributed by atoms with Gasteiger partial charge in [-0.1, -0.05) is 73.6 Å². The largest absolute Gasteiger partial charge is 0.507 e. The summed E-state index contributed by atoms with van der Waals surface area (Å²) in [5.74, 6) is 0.150. The van der Waals surface area contributed by atoms with Gasteiger partial charge in [0.1, 0.15) is 5.75 Å². The minimum Gasteiger partial charge on any atom is -0.507 e. The van der Waals surface area contributed by atoms with Crippen molar-refractivity contribution in [1.29, 1.82) is 0 Å². The highest BCUT2D eigenvalue weighted by Crippen LogP contribution is 2.40. The van der Waals surface area contributed by atoms with E-state index in [1.165, 1.54) is 18.2 Å². The van der Waals surface area contributed by atoms with Crippen LogP contribution in [-0.4, -0.2) is 16.6 Å². The van der Waals surface area contributed by atoms with Crippen LogP contribution < -0.4 is 0 Å². The van der Waals surface area contributed by atoms with Crippen molar-refractivity contribution >= 4 is 29.3 Å². The third-order valence-corrected chi connectivity index (χ3v) is 4.36. The molecule has 0 aromatic heterocycles. The number of hydrogen-bond acceptors (Lipinski definition) is 3. The van der Waals surface area contributed by atoms with E-state index in [0.717, 1.165) is 16.7 Å². The van der Waals surface area contributed by atoms with Crippen LogP contribution in [0.5, 0.6) is 5.75 Å². The minimum absolute atomic E-state index is 0.179. The molecule has 0 bridgehead atoms. The van der Waals surface area contributed by atoms with E-state index in [1.54, 1.807) is 5.55 Å². The van der Waals surface area contributed by atoms with E-state index < -0.39 is 0 Å². The number of benzene rings is 1.